The number of likely N-dealkylation sites (tertiary alicyclic amines) is 1. The molecule has 28 heavy (non-hydrogen) atoms. The van der Waals surface area contributed by atoms with Crippen LogP contribution in [0.5, 0.6) is 5.75 Å². The van der Waals surface area contributed by atoms with Gasteiger partial charge in [-0.2, -0.15) is 5.10 Å². The van der Waals surface area contributed by atoms with Crippen LogP contribution in [0.1, 0.15) is 40.2 Å². The molecule has 1 saturated heterocycles. The molecule has 1 aliphatic rings. The minimum Gasteiger partial charge on any atom is -0.497 e. The van der Waals surface area contributed by atoms with Crippen molar-refractivity contribution in [2.45, 2.75) is 32.6 Å². The molecule has 0 bridgehead atoms. The highest BCUT2D eigenvalue weighted by Gasteiger charge is 2.25. The van der Waals surface area contributed by atoms with E-state index in [4.69, 9.17) is 4.74 Å². The molecule has 0 spiro atoms. The number of piperidine rings is 1. The van der Waals surface area contributed by atoms with E-state index < -0.39 is 0 Å². The lowest BCUT2D eigenvalue weighted by atomic mass is 9.90. The molecule has 1 aliphatic heterocycles. The lowest BCUT2D eigenvalue weighted by molar-refractivity contribution is 0.0692. The highest BCUT2D eigenvalue weighted by Crippen LogP contribution is 2.30. The number of thiophene rings is 1. The van der Waals surface area contributed by atoms with Crippen molar-refractivity contribution >= 4 is 27.5 Å². The van der Waals surface area contributed by atoms with Crippen LogP contribution in [-0.4, -0.2) is 40.8 Å². The first-order valence-corrected chi connectivity index (χ1v) is 10.7. The maximum Gasteiger partial charge on any atom is 0.264 e. The van der Waals surface area contributed by atoms with E-state index >= 15 is 0 Å². The van der Waals surface area contributed by atoms with Crippen molar-refractivity contribution in [2.75, 3.05) is 20.2 Å². The molecule has 0 unspecified atom stereocenters. The highest BCUT2D eigenvalue weighted by molar-refractivity contribution is 7.20. The number of carbonyl (C=O) groups excluding carboxylic acids is 1. The van der Waals surface area contributed by atoms with E-state index in [0.717, 1.165) is 58.9 Å². The van der Waals surface area contributed by atoms with Gasteiger partial charge in [-0.1, -0.05) is 12.1 Å². The molecule has 1 amide bonds. The number of ether oxygens (including phenoxy) is 1. The molecule has 0 aliphatic carbocycles. The Balaban J connectivity index is 1.31. The van der Waals surface area contributed by atoms with Gasteiger partial charge >= 0.3 is 0 Å². The van der Waals surface area contributed by atoms with Crippen LogP contribution < -0.4 is 4.74 Å². The van der Waals surface area contributed by atoms with Gasteiger partial charge in [0.1, 0.15) is 10.6 Å². The number of aryl methyl sites for hydroxylation is 3. The minimum atomic E-state index is 0.175. The summed E-state index contributed by atoms with van der Waals surface area (Å²) in [5.41, 5.74) is 2.35. The van der Waals surface area contributed by atoms with E-state index in [1.807, 2.05) is 41.8 Å². The topological polar surface area (TPSA) is 47.4 Å². The number of fused-ring (bicyclic) bond motifs is 1. The number of carbonyl (C=O) groups is 1. The number of benzene rings is 1. The van der Waals surface area contributed by atoms with Crippen molar-refractivity contribution in [3.05, 3.63) is 46.5 Å². The quantitative estimate of drug-likeness (QED) is 0.640. The van der Waals surface area contributed by atoms with Gasteiger partial charge in [0.15, 0.2) is 0 Å². The second-order valence-electron chi connectivity index (χ2n) is 7.66. The average molecular weight is 398 g/mol. The van der Waals surface area contributed by atoms with Gasteiger partial charge in [-0.15, -0.1) is 11.3 Å². The van der Waals surface area contributed by atoms with Crippen molar-refractivity contribution in [1.82, 2.24) is 14.7 Å². The fraction of sp³-hybridized carbons (Fsp3) is 0.455. The predicted molar refractivity (Wildman–Crippen MR) is 113 cm³/mol. The summed E-state index contributed by atoms with van der Waals surface area (Å²) in [7, 11) is 3.63. The summed E-state index contributed by atoms with van der Waals surface area (Å²) in [5.74, 6) is 1.77. The van der Waals surface area contributed by atoms with Gasteiger partial charge in [-0.25, -0.2) is 0 Å². The van der Waals surface area contributed by atoms with E-state index in [-0.39, 0.29) is 5.91 Å². The summed E-state index contributed by atoms with van der Waals surface area (Å²) in [4.78, 5) is 16.9. The summed E-state index contributed by atoms with van der Waals surface area (Å²) in [6.07, 6.45) is 4.45. The van der Waals surface area contributed by atoms with Gasteiger partial charge in [0.2, 0.25) is 0 Å². The first-order chi connectivity index (χ1) is 13.5. The van der Waals surface area contributed by atoms with Crippen molar-refractivity contribution in [3.8, 4) is 5.75 Å². The monoisotopic (exact) mass is 397 g/mol. The van der Waals surface area contributed by atoms with Gasteiger partial charge in [0.25, 0.3) is 5.91 Å². The molecule has 0 saturated carbocycles. The number of nitrogens with zero attached hydrogens (tertiary/aromatic N) is 3. The Labute approximate surface area is 169 Å². The minimum absolute atomic E-state index is 0.175. The molecule has 0 atom stereocenters. The van der Waals surface area contributed by atoms with Crippen LogP contribution in [0.4, 0.5) is 0 Å². The van der Waals surface area contributed by atoms with Crippen LogP contribution in [0.2, 0.25) is 0 Å². The van der Waals surface area contributed by atoms with Crippen LogP contribution >= 0.6 is 11.3 Å². The van der Waals surface area contributed by atoms with Crippen molar-refractivity contribution < 1.29 is 9.53 Å². The largest absolute Gasteiger partial charge is 0.497 e. The molecule has 5 nitrogen and oxygen atoms in total. The normalized spacial score (nSPS) is 15.3. The molecular weight excluding hydrogens is 370 g/mol. The molecule has 6 heteroatoms. The van der Waals surface area contributed by atoms with Crippen LogP contribution in [0, 0.1) is 12.8 Å². The molecule has 2 aromatic heterocycles. The maximum absolute atomic E-state index is 12.9. The van der Waals surface area contributed by atoms with Crippen LogP contribution in [0.3, 0.4) is 0 Å². The van der Waals surface area contributed by atoms with Crippen LogP contribution in [0.25, 0.3) is 10.2 Å². The average Bonchev–Trinajstić information content (AvgIpc) is 3.28. The van der Waals surface area contributed by atoms with E-state index in [2.05, 4.69) is 17.2 Å². The van der Waals surface area contributed by atoms with Gasteiger partial charge in [-0.3, -0.25) is 9.48 Å². The number of hydrogen-bond donors (Lipinski definition) is 0. The number of hydrogen-bond acceptors (Lipinski definition) is 4. The molecule has 1 fully saturated rings. The lowest BCUT2D eigenvalue weighted by Crippen LogP contribution is -2.38. The Morgan fingerprint density at radius 3 is 2.61 bits per heavy atom. The molecule has 3 heterocycles. The third-order valence-electron chi connectivity index (χ3n) is 5.81. The zero-order valence-corrected chi connectivity index (χ0v) is 17.6. The molecule has 0 radical (unpaired) electrons. The first kappa shape index (κ1) is 19.0. The SMILES string of the molecule is COc1ccc(CCC2CCN(C(=O)c3cc4c(C)nn(C)c4s3)CC2)cc1. The fourth-order valence-corrected chi connectivity index (χ4v) is 5.15. The number of rotatable bonds is 5. The molecular formula is C22H27N3O2S. The number of methoxy groups -OCH3 is 1. The summed E-state index contributed by atoms with van der Waals surface area (Å²) >= 11 is 1.56. The predicted octanol–water partition coefficient (Wildman–Crippen LogP) is 4.44. The molecule has 0 N–H and O–H groups in total. The number of aromatic nitrogens is 2. The number of amides is 1. The summed E-state index contributed by atoms with van der Waals surface area (Å²) in [6.45, 7) is 3.72. The van der Waals surface area contributed by atoms with E-state index in [1.165, 1.54) is 12.0 Å². The zero-order chi connectivity index (χ0) is 19.7. The smallest absolute Gasteiger partial charge is 0.264 e. The Morgan fingerprint density at radius 2 is 1.96 bits per heavy atom. The van der Waals surface area contributed by atoms with Gasteiger partial charge in [0.05, 0.1) is 17.7 Å². The molecule has 148 valence electrons. The maximum atomic E-state index is 12.9. The zero-order valence-electron chi connectivity index (χ0n) is 16.8. The summed E-state index contributed by atoms with van der Waals surface area (Å²) in [6, 6.07) is 10.4. The van der Waals surface area contributed by atoms with Gasteiger partial charge < -0.3 is 9.64 Å². The summed E-state index contributed by atoms with van der Waals surface area (Å²) in [5, 5.41) is 5.53. The van der Waals surface area contributed by atoms with Crippen molar-refractivity contribution in [2.24, 2.45) is 13.0 Å². The first-order valence-electron chi connectivity index (χ1n) is 9.90. The Bertz CT molecular complexity index is 931. The molecule has 4 rings (SSSR count). The Hall–Kier alpha value is -2.34. The van der Waals surface area contributed by atoms with E-state index in [9.17, 15) is 4.79 Å². The lowest BCUT2D eigenvalue weighted by Gasteiger charge is -2.31. The summed E-state index contributed by atoms with van der Waals surface area (Å²) < 4.78 is 7.09. The van der Waals surface area contributed by atoms with Crippen molar-refractivity contribution in [1.29, 1.82) is 0 Å². The molecule has 3 aromatic rings. The van der Waals surface area contributed by atoms with E-state index in [0.29, 0.717) is 5.92 Å². The highest BCUT2D eigenvalue weighted by atomic mass is 32.1. The van der Waals surface area contributed by atoms with Gasteiger partial charge in [-0.05, 0) is 62.3 Å². The standard InChI is InChI=1S/C22H27N3O2S/c1-15-19-14-20(28-22(19)24(2)23-15)21(26)25-12-10-17(11-13-25)5-4-16-6-8-18(27-3)9-7-16/h6-9,14,17H,4-5,10-13H2,1-3H3. The second-order valence-corrected chi connectivity index (χ2v) is 8.69. The van der Waals surface area contributed by atoms with E-state index in [1.54, 1.807) is 18.4 Å². The Morgan fingerprint density at radius 1 is 1.25 bits per heavy atom. The van der Waals surface area contributed by atoms with Crippen molar-refractivity contribution in [3.63, 3.8) is 0 Å². The second kappa shape index (κ2) is 7.95. The molecule has 1 aromatic carbocycles. The fourth-order valence-electron chi connectivity index (χ4n) is 4.05. The van der Waals surface area contributed by atoms with Crippen LogP contribution in [-0.2, 0) is 13.5 Å². The van der Waals surface area contributed by atoms with Gasteiger partial charge in [0, 0.05) is 25.5 Å². The van der Waals surface area contributed by atoms with Crippen LogP contribution in [0.15, 0.2) is 30.3 Å². The Kier molecular flexibility index (Phi) is 5.40. The third kappa shape index (κ3) is 3.78. The third-order valence-corrected chi connectivity index (χ3v) is 7.00.